The van der Waals surface area contributed by atoms with E-state index in [0.29, 0.717) is 0 Å². The van der Waals surface area contributed by atoms with E-state index in [0.717, 1.165) is 38.4 Å². The molecule has 0 unspecified atom stereocenters. The van der Waals surface area contributed by atoms with E-state index < -0.39 is 0 Å². The van der Waals surface area contributed by atoms with Crippen LogP contribution in [0.4, 0.5) is 5.82 Å². The maximum atomic E-state index is 4.18. The summed E-state index contributed by atoms with van der Waals surface area (Å²) >= 11 is 0. The lowest BCUT2D eigenvalue weighted by Crippen LogP contribution is -2.33. The van der Waals surface area contributed by atoms with Gasteiger partial charge < -0.3 is 5.32 Å². The van der Waals surface area contributed by atoms with E-state index in [1.165, 1.54) is 12.0 Å². The molecule has 1 aliphatic heterocycles. The third-order valence-corrected chi connectivity index (χ3v) is 4.03. The third kappa shape index (κ3) is 4.40. The lowest BCUT2D eigenvalue weighted by molar-refractivity contribution is 0.312. The maximum absolute atomic E-state index is 4.18. The molecule has 0 bridgehead atoms. The minimum Gasteiger partial charge on any atom is -0.357 e. The van der Waals surface area contributed by atoms with Gasteiger partial charge in [0.15, 0.2) is 0 Å². The second kappa shape index (κ2) is 7.71. The zero-order valence-corrected chi connectivity index (χ0v) is 12.8. The van der Waals surface area contributed by atoms with Gasteiger partial charge in [0.05, 0.1) is 6.67 Å². The van der Waals surface area contributed by atoms with Crippen molar-refractivity contribution in [3.63, 3.8) is 0 Å². The first kappa shape index (κ1) is 14.7. The molecule has 3 rings (SSSR count). The molecule has 0 fully saturated rings. The Bertz CT molecular complexity index is 595. The van der Waals surface area contributed by atoms with E-state index in [1.807, 2.05) is 6.07 Å². The molecular formula is C18H22N4. The van der Waals surface area contributed by atoms with Crippen molar-refractivity contribution in [1.82, 2.24) is 14.9 Å². The maximum Gasteiger partial charge on any atom is 0.130 e. The van der Waals surface area contributed by atoms with Crippen molar-refractivity contribution in [2.75, 3.05) is 25.1 Å². The molecule has 4 nitrogen and oxygen atoms in total. The van der Waals surface area contributed by atoms with E-state index in [2.05, 4.69) is 56.6 Å². The van der Waals surface area contributed by atoms with Crippen LogP contribution in [0.1, 0.15) is 18.4 Å². The highest BCUT2D eigenvalue weighted by Crippen LogP contribution is 2.17. The summed E-state index contributed by atoms with van der Waals surface area (Å²) in [6.07, 6.45) is 9.20. The predicted octanol–water partition coefficient (Wildman–Crippen LogP) is 3.11. The van der Waals surface area contributed by atoms with Gasteiger partial charge in [-0.25, -0.2) is 9.97 Å². The van der Waals surface area contributed by atoms with Crippen LogP contribution in [-0.2, 0) is 6.42 Å². The molecule has 0 saturated heterocycles. The summed E-state index contributed by atoms with van der Waals surface area (Å²) in [6, 6.07) is 12.6. The van der Waals surface area contributed by atoms with Gasteiger partial charge in [0, 0.05) is 19.3 Å². The minimum atomic E-state index is 0.833. The molecule has 4 heteroatoms. The highest BCUT2D eigenvalue weighted by Gasteiger charge is 2.11. The van der Waals surface area contributed by atoms with Gasteiger partial charge in [-0.05, 0) is 30.9 Å². The van der Waals surface area contributed by atoms with E-state index in [-0.39, 0.29) is 0 Å². The molecule has 22 heavy (non-hydrogen) atoms. The van der Waals surface area contributed by atoms with Gasteiger partial charge in [-0.1, -0.05) is 42.0 Å². The molecule has 1 N–H and O–H groups in total. The molecule has 0 amide bonds. The Labute approximate surface area is 131 Å². The Morgan fingerprint density at radius 2 is 2.00 bits per heavy atom. The lowest BCUT2D eigenvalue weighted by atomic mass is 10.00. The largest absolute Gasteiger partial charge is 0.357 e. The minimum absolute atomic E-state index is 0.833. The van der Waals surface area contributed by atoms with Gasteiger partial charge >= 0.3 is 0 Å². The number of nitrogens with one attached hydrogen (secondary N) is 1. The molecule has 114 valence electrons. The molecule has 1 aromatic heterocycles. The van der Waals surface area contributed by atoms with Crippen molar-refractivity contribution in [3.05, 3.63) is 66.1 Å². The van der Waals surface area contributed by atoms with Crippen LogP contribution in [0.2, 0.25) is 0 Å². The van der Waals surface area contributed by atoms with E-state index in [9.17, 15) is 0 Å². The fourth-order valence-corrected chi connectivity index (χ4v) is 2.66. The smallest absolute Gasteiger partial charge is 0.130 e. The Balaban J connectivity index is 1.42. The molecule has 0 saturated carbocycles. The number of aromatic nitrogens is 2. The topological polar surface area (TPSA) is 41.0 Å². The van der Waals surface area contributed by atoms with Crippen LogP contribution >= 0.6 is 0 Å². The average molecular weight is 294 g/mol. The number of hydrogen-bond acceptors (Lipinski definition) is 4. The average Bonchev–Trinajstić information content (AvgIpc) is 2.61. The Morgan fingerprint density at radius 1 is 1.09 bits per heavy atom. The van der Waals surface area contributed by atoms with Crippen LogP contribution in [0, 0.1) is 0 Å². The summed E-state index contributed by atoms with van der Waals surface area (Å²) in [5, 5.41) is 3.33. The first-order valence-electron chi connectivity index (χ1n) is 7.84. The molecule has 0 aliphatic carbocycles. The van der Waals surface area contributed by atoms with Crippen LogP contribution in [-0.4, -0.2) is 34.6 Å². The van der Waals surface area contributed by atoms with Crippen molar-refractivity contribution >= 4 is 5.82 Å². The summed E-state index contributed by atoms with van der Waals surface area (Å²) in [7, 11) is 0. The van der Waals surface area contributed by atoms with E-state index in [4.69, 9.17) is 0 Å². The summed E-state index contributed by atoms with van der Waals surface area (Å²) in [4.78, 5) is 10.5. The van der Waals surface area contributed by atoms with Crippen LogP contribution in [0.3, 0.4) is 0 Å². The van der Waals surface area contributed by atoms with Crippen LogP contribution in [0.5, 0.6) is 0 Å². The first-order chi connectivity index (χ1) is 10.9. The SMILES string of the molecule is C1=C(CCc2ccccc2)CCN(CNc2ccncn2)C1. The van der Waals surface area contributed by atoms with Crippen molar-refractivity contribution in [2.45, 2.75) is 19.3 Å². The number of benzene rings is 1. The lowest BCUT2D eigenvalue weighted by Gasteiger charge is -2.26. The van der Waals surface area contributed by atoms with Crippen molar-refractivity contribution in [1.29, 1.82) is 0 Å². The van der Waals surface area contributed by atoms with Gasteiger partial charge in [-0.3, -0.25) is 4.90 Å². The van der Waals surface area contributed by atoms with Crippen LogP contribution < -0.4 is 5.32 Å². The van der Waals surface area contributed by atoms with Gasteiger partial charge in [-0.15, -0.1) is 0 Å². The molecule has 2 heterocycles. The normalized spacial score (nSPS) is 15.4. The second-order valence-corrected chi connectivity index (χ2v) is 5.60. The fourth-order valence-electron chi connectivity index (χ4n) is 2.66. The van der Waals surface area contributed by atoms with Crippen LogP contribution in [0.15, 0.2) is 60.6 Å². The number of hydrogen-bond donors (Lipinski definition) is 1. The molecule has 0 spiro atoms. The monoisotopic (exact) mass is 294 g/mol. The van der Waals surface area contributed by atoms with Gasteiger partial charge in [0.25, 0.3) is 0 Å². The number of aryl methyl sites for hydroxylation is 1. The summed E-state index contributed by atoms with van der Waals surface area (Å²) in [5.41, 5.74) is 3.01. The summed E-state index contributed by atoms with van der Waals surface area (Å²) < 4.78 is 0. The standard InChI is InChI=1S/C18H22N4/c1-2-4-16(5-3-1)6-7-17-9-12-22(13-10-17)15-21-18-8-11-19-14-20-18/h1-5,8-9,11,14H,6-7,10,12-13,15H2,(H,19,20,21). The molecule has 1 aliphatic rings. The van der Waals surface area contributed by atoms with E-state index in [1.54, 1.807) is 18.1 Å². The summed E-state index contributed by atoms with van der Waals surface area (Å²) in [6.45, 7) is 2.96. The molecule has 0 radical (unpaired) electrons. The quantitative estimate of drug-likeness (QED) is 0.831. The molecular weight excluding hydrogens is 272 g/mol. The highest BCUT2D eigenvalue weighted by molar-refractivity contribution is 5.31. The molecule has 1 aromatic carbocycles. The zero-order valence-electron chi connectivity index (χ0n) is 12.8. The number of nitrogens with zero attached hydrogens (tertiary/aromatic N) is 3. The third-order valence-electron chi connectivity index (χ3n) is 4.03. The van der Waals surface area contributed by atoms with Crippen LogP contribution in [0.25, 0.3) is 0 Å². The van der Waals surface area contributed by atoms with Crippen molar-refractivity contribution in [3.8, 4) is 0 Å². The van der Waals surface area contributed by atoms with Gasteiger partial charge in [0.1, 0.15) is 12.1 Å². The van der Waals surface area contributed by atoms with Gasteiger partial charge in [-0.2, -0.15) is 0 Å². The van der Waals surface area contributed by atoms with Crippen molar-refractivity contribution in [2.24, 2.45) is 0 Å². The summed E-state index contributed by atoms with van der Waals surface area (Å²) in [5.74, 6) is 0.883. The number of anilines is 1. The van der Waals surface area contributed by atoms with Gasteiger partial charge in [0.2, 0.25) is 0 Å². The fraction of sp³-hybridized carbons (Fsp3) is 0.333. The Morgan fingerprint density at radius 3 is 2.73 bits per heavy atom. The highest BCUT2D eigenvalue weighted by atomic mass is 15.2. The molecule has 2 aromatic rings. The number of rotatable bonds is 6. The molecule has 0 atom stereocenters. The first-order valence-corrected chi connectivity index (χ1v) is 7.84. The van der Waals surface area contributed by atoms with Crippen molar-refractivity contribution < 1.29 is 0 Å². The second-order valence-electron chi connectivity index (χ2n) is 5.60. The van der Waals surface area contributed by atoms with E-state index >= 15 is 0 Å². The zero-order chi connectivity index (χ0) is 15.0. The predicted molar refractivity (Wildman–Crippen MR) is 89.6 cm³/mol. The Kier molecular flexibility index (Phi) is 5.16. The Hall–Kier alpha value is -2.20.